The number of nitrogens with two attached hydrogens (primary N) is 1. The molecule has 1 saturated heterocycles. The van der Waals surface area contributed by atoms with Crippen molar-refractivity contribution < 1.29 is 48.3 Å². The molecule has 3 aliphatic rings. The van der Waals surface area contributed by atoms with Gasteiger partial charge in [0.15, 0.2) is 23.6 Å². The third-order valence-electron chi connectivity index (χ3n) is 8.18. The van der Waals surface area contributed by atoms with E-state index in [1.807, 2.05) is 0 Å². The number of ether oxygens (including phenoxy) is 3. The van der Waals surface area contributed by atoms with Crippen LogP contribution in [-0.4, -0.2) is 117 Å². The molecule has 53 heavy (non-hydrogen) atoms. The van der Waals surface area contributed by atoms with Gasteiger partial charge in [0.1, 0.15) is 34.1 Å². The molecule has 278 valence electrons. The zero-order valence-corrected chi connectivity index (χ0v) is 32.7. The monoisotopic (exact) mass is 836 g/mol. The Balaban J connectivity index is 0.973. The van der Waals surface area contributed by atoms with Crippen molar-refractivity contribution in [2.45, 2.75) is 52.0 Å². The van der Waals surface area contributed by atoms with Crippen LogP contribution in [0.2, 0.25) is 0 Å². The topological polar surface area (TPSA) is 231 Å². The Kier molecular flexibility index (Phi) is 12.2. The summed E-state index contributed by atoms with van der Waals surface area (Å²) < 4.78 is 30.9. The van der Waals surface area contributed by atoms with Gasteiger partial charge in [0.25, 0.3) is 0 Å². The minimum absolute atomic E-state index is 0.0830. The zero-order chi connectivity index (χ0) is 37.2. The lowest BCUT2D eigenvalue weighted by atomic mass is 9.77. The number of carbonyl (C=O) groups is 2. The van der Waals surface area contributed by atoms with Gasteiger partial charge in [-0.1, -0.05) is 81.9 Å². The summed E-state index contributed by atoms with van der Waals surface area (Å²) in [5, 5.41) is 50.5. The number of aromatic nitrogens is 4. The Morgan fingerprint density at radius 2 is 1.40 bits per heavy atom. The second-order valence-corrected chi connectivity index (χ2v) is 19.3. The molecule has 0 bridgehead atoms. The zero-order valence-electron chi connectivity index (χ0n) is 27.8. The van der Waals surface area contributed by atoms with Crippen LogP contribution in [0.1, 0.15) is 31.8 Å². The number of carboxylic acid groups (broad SMARTS) is 1. The van der Waals surface area contributed by atoms with Crippen LogP contribution < -0.4 is 29.8 Å². The molecule has 2 unspecified atom stereocenters. The van der Waals surface area contributed by atoms with Crippen LogP contribution in [0.3, 0.4) is 0 Å². The second-order valence-electron chi connectivity index (χ2n) is 11.5. The third kappa shape index (κ3) is 8.36. The summed E-state index contributed by atoms with van der Waals surface area (Å²) in [6.07, 6.45) is 0.0889. The van der Waals surface area contributed by atoms with E-state index in [0.717, 1.165) is 10.1 Å². The number of thioether (sulfide) groups is 4. The standard InChI is InChI=1S/C29H30B2N6O10S6/c1-43-14-5-3-12-9-17(30(41)46-21(12)19(14)24(38)39)51-29-37-35-27(53-29)49-16-11-33-23(16)45-25(40)20-15(44-2)6-4-13-10-18(31(42)47-22(13)20)50-28-36-34-26(52-28)48-8-7-32/h3-6,16-18,23,33,41-42H,7-11,32H2,1-2H3,(H,38,39)/t16?,17-,18-,23?/m0/s1. The number of nitrogens with one attached hydrogen (secondary N) is 1. The van der Waals surface area contributed by atoms with Gasteiger partial charge in [-0.3, -0.25) is 5.32 Å². The van der Waals surface area contributed by atoms with Gasteiger partial charge in [0.2, 0.25) is 0 Å². The molecule has 2 aromatic carbocycles. The Hall–Kier alpha value is -2.93. The number of benzene rings is 2. The van der Waals surface area contributed by atoms with E-state index < -0.39 is 37.6 Å². The van der Waals surface area contributed by atoms with Crippen LogP contribution in [0.25, 0.3) is 0 Å². The van der Waals surface area contributed by atoms with Crippen molar-refractivity contribution in [2.24, 2.45) is 5.73 Å². The lowest BCUT2D eigenvalue weighted by Gasteiger charge is -2.36. The van der Waals surface area contributed by atoms with Crippen LogP contribution in [0.15, 0.2) is 41.6 Å². The first kappa shape index (κ1) is 38.3. The molecular formula is C29H30B2N6O10S6. The van der Waals surface area contributed by atoms with Gasteiger partial charge < -0.3 is 44.4 Å². The van der Waals surface area contributed by atoms with Crippen LogP contribution in [0, 0.1) is 0 Å². The van der Waals surface area contributed by atoms with Crippen molar-refractivity contribution in [3.8, 4) is 23.0 Å². The SMILES string of the molecule is COc1ccc2c(c1C(=O)O)OB(O)[C@@H](Sc1nnc(SC3CNC3OC(=O)c3c(OC)ccc4c3OB(O)[C@@H](Sc3nnc(SCCN)s3)C4)s1)C2. The Morgan fingerprint density at radius 3 is 1.92 bits per heavy atom. The van der Waals surface area contributed by atoms with Gasteiger partial charge in [0, 0.05) is 18.8 Å². The van der Waals surface area contributed by atoms with E-state index in [-0.39, 0.29) is 44.5 Å². The number of carboxylic acids is 1. The first-order chi connectivity index (χ1) is 25.6. The Labute approximate surface area is 328 Å². The molecule has 2 aromatic heterocycles. The van der Waals surface area contributed by atoms with Crippen molar-refractivity contribution in [3.05, 3.63) is 46.5 Å². The van der Waals surface area contributed by atoms with Gasteiger partial charge in [-0.2, -0.15) is 0 Å². The van der Waals surface area contributed by atoms with E-state index in [9.17, 15) is 24.7 Å². The average molecular weight is 837 g/mol. The summed E-state index contributed by atoms with van der Waals surface area (Å²) >= 11 is 8.31. The molecule has 4 atom stereocenters. The molecule has 0 radical (unpaired) electrons. The molecular weight excluding hydrogens is 806 g/mol. The number of rotatable bonds is 14. The van der Waals surface area contributed by atoms with Crippen LogP contribution in [0.5, 0.6) is 23.0 Å². The first-order valence-electron chi connectivity index (χ1n) is 15.9. The van der Waals surface area contributed by atoms with E-state index in [1.165, 1.54) is 83.9 Å². The quantitative estimate of drug-likeness (QED) is 0.0698. The maximum Gasteiger partial charge on any atom is 0.537 e. The highest BCUT2D eigenvalue weighted by Gasteiger charge is 2.43. The van der Waals surface area contributed by atoms with E-state index in [0.29, 0.717) is 50.1 Å². The fourth-order valence-corrected chi connectivity index (χ4v) is 12.4. The molecule has 7 rings (SSSR count). The Morgan fingerprint density at radius 1 is 0.868 bits per heavy atom. The van der Waals surface area contributed by atoms with Crippen molar-refractivity contribution >= 4 is 95.9 Å². The number of hydrogen-bond donors (Lipinski definition) is 5. The predicted molar refractivity (Wildman–Crippen MR) is 203 cm³/mol. The number of fused-ring (bicyclic) bond motifs is 2. The Bertz CT molecular complexity index is 2000. The van der Waals surface area contributed by atoms with Gasteiger partial charge in [-0.15, -0.1) is 20.4 Å². The molecule has 6 N–H and O–H groups in total. The lowest BCUT2D eigenvalue weighted by Crippen LogP contribution is -2.57. The number of methoxy groups -OCH3 is 2. The highest BCUT2D eigenvalue weighted by Crippen LogP contribution is 2.44. The lowest BCUT2D eigenvalue weighted by molar-refractivity contribution is 0.00327. The van der Waals surface area contributed by atoms with Crippen molar-refractivity contribution in [3.63, 3.8) is 0 Å². The summed E-state index contributed by atoms with van der Waals surface area (Å²) in [4.78, 5) is 25.5. The number of aromatic carboxylic acids is 1. The molecule has 0 spiro atoms. The summed E-state index contributed by atoms with van der Waals surface area (Å²) in [6.45, 7) is 1.08. The number of esters is 1. The summed E-state index contributed by atoms with van der Waals surface area (Å²) in [5.41, 5.74) is 6.88. The van der Waals surface area contributed by atoms with Crippen LogP contribution in [-0.2, 0) is 17.6 Å². The second kappa shape index (κ2) is 16.8. The summed E-state index contributed by atoms with van der Waals surface area (Å²) in [5.74, 6) is -0.463. The highest BCUT2D eigenvalue weighted by molar-refractivity contribution is 8.05. The van der Waals surface area contributed by atoms with Gasteiger partial charge in [-0.05, 0) is 36.1 Å². The molecule has 5 heterocycles. The fourth-order valence-electron chi connectivity index (χ4n) is 5.61. The molecule has 0 aliphatic carbocycles. The first-order valence-corrected chi connectivity index (χ1v) is 21.2. The maximum atomic E-state index is 13.7. The predicted octanol–water partition coefficient (Wildman–Crippen LogP) is 2.63. The van der Waals surface area contributed by atoms with Crippen LogP contribution in [0.4, 0.5) is 0 Å². The van der Waals surface area contributed by atoms with E-state index >= 15 is 0 Å². The fraction of sp³-hybridized carbons (Fsp3) is 0.379. The largest absolute Gasteiger partial charge is 0.537 e. The molecule has 3 aliphatic heterocycles. The average Bonchev–Trinajstić information content (AvgIpc) is 3.79. The molecule has 0 saturated carbocycles. The number of hydrogen-bond acceptors (Lipinski definition) is 21. The van der Waals surface area contributed by atoms with Gasteiger partial charge in [-0.25, -0.2) is 9.59 Å². The maximum absolute atomic E-state index is 13.7. The van der Waals surface area contributed by atoms with E-state index in [2.05, 4.69) is 25.7 Å². The van der Waals surface area contributed by atoms with Crippen molar-refractivity contribution in [1.29, 1.82) is 0 Å². The van der Waals surface area contributed by atoms with E-state index in [4.69, 9.17) is 29.3 Å². The molecule has 4 aromatic rings. The third-order valence-corrected chi connectivity index (χ3v) is 15.2. The van der Waals surface area contributed by atoms with Crippen molar-refractivity contribution in [2.75, 3.05) is 33.1 Å². The highest BCUT2D eigenvalue weighted by atomic mass is 32.2. The molecule has 24 heteroatoms. The van der Waals surface area contributed by atoms with Crippen LogP contribution >= 0.6 is 69.7 Å². The molecule has 16 nitrogen and oxygen atoms in total. The van der Waals surface area contributed by atoms with Crippen molar-refractivity contribution in [1.82, 2.24) is 25.7 Å². The minimum atomic E-state index is -1.29. The molecule has 0 amide bonds. The van der Waals surface area contributed by atoms with Gasteiger partial charge >= 0.3 is 26.2 Å². The smallest absolute Gasteiger partial charge is 0.534 e. The summed E-state index contributed by atoms with van der Waals surface area (Å²) in [7, 11) is 0.294. The van der Waals surface area contributed by atoms with Gasteiger partial charge in [0.05, 0.1) is 29.8 Å². The van der Waals surface area contributed by atoms with E-state index in [1.54, 1.807) is 24.3 Å². The molecule has 1 fully saturated rings. The summed E-state index contributed by atoms with van der Waals surface area (Å²) in [6, 6.07) is 6.77. The number of carbonyl (C=O) groups excluding carboxylic acids is 1. The minimum Gasteiger partial charge on any atom is -0.534 e. The normalized spacial score (nSPS) is 20.4. The number of nitrogens with zero attached hydrogens (tertiary/aromatic N) is 4.